The molecule has 1 aromatic rings. The number of nitro groups is 1. The molecule has 8 nitrogen and oxygen atoms in total. The standard InChI is InChI=1S/C18H27NO7/c1-17(2,23-5)11-13-25-18(3,4)10-12-24-16(20)26-15-8-6-14(7-9-15)19(21)22/h6-9H,10-13H2,1-5H3. The van der Waals surface area contributed by atoms with E-state index in [4.69, 9.17) is 18.9 Å². The Labute approximate surface area is 153 Å². The smallest absolute Gasteiger partial charge is 0.434 e. The molecule has 8 heteroatoms. The Balaban J connectivity index is 2.32. The zero-order chi connectivity index (χ0) is 19.8. The van der Waals surface area contributed by atoms with Crippen LogP contribution in [0.3, 0.4) is 0 Å². The number of ether oxygens (including phenoxy) is 4. The number of methoxy groups -OCH3 is 1. The summed E-state index contributed by atoms with van der Waals surface area (Å²) < 4.78 is 21.2. The predicted molar refractivity (Wildman–Crippen MR) is 95.4 cm³/mol. The molecule has 0 unspecified atom stereocenters. The fraction of sp³-hybridized carbons (Fsp3) is 0.611. The quantitative estimate of drug-likeness (QED) is 0.265. The second kappa shape index (κ2) is 9.49. The van der Waals surface area contributed by atoms with Crippen molar-refractivity contribution >= 4 is 11.8 Å². The minimum atomic E-state index is -0.866. The SMILES string of the molecule is COC(C)(C)CCOC(C)(C)CCOC(=O)Oc1ccc([N+](=O)[O-])cc1. The number of carbonyl (C=O) groups excluding carboxylic acids is 1. The minimum absolute atomic E-state index is 0.0822. The van der Waals surface area contributed by atoms with Crippen LogP contribution in [-0.4, -0.2) is 42.6 Å². The van der Waals surface area contributed by atoms with Gasteiger partial charge in [-0.2, -0.15) is 0 Å². The molecule has 146 valence electrons. The summed E-state index contributed by atoms with van der Waals surface area (Å²) in [7, 11) is 1.66. The van der Waals surface area contributed by atoms with E-state index in [-0.39, 0.29) is 23.6 Å². The van der Waals surface area contributed by atoms with E-state index < -0.39 is 16.7 Å². The first-order valence-corrected chi connectivity index (χ1v) is 8.33. The number of benzene rings is 1. The van der Waals surface area contributed by atoms with Crippen LogP contribution in [0.15, 0.2) is 24.3 Å². The number of nitrogens with zero attached hydrogens (tertiary/aromatic N) is 1. The third-order valence-electron chi connectivity index (χ3n) is 3.92. The minimum Gasteiger partial charge on any atom is -0.434 e. The number of hydrogen-bond acceptors (Lipinski definition) is 7. The van der Waals surface area contributed by atoms with E-state index in [1.165, 1.54) is 24.3 Å². The van der Waals surface area contributed by atoms with Crippen LogP contribution in [0.4, 0.5) is 10.5 Å². The first-order valence-electron chi connectivity index (χ1n) is 8.33. The van der Waals surface area contributed by atoms with Gasteiger partial charge in [-0.25, -0.2) is 4.79 Å². The molecule has 0 saturated heterocycles. The lowest BCUT2D eigenvalue weighted by Crippen LogP contribution is -2.31. The number of hydrogen-bond donors (Lipinski definition) is 0. The summed E-state index contributed by atoms with van der Waals surface area (Å²) in [5.41, 5.74) is -0.792. The number of nitro benzene ring substituents is 1. The van der Waals surface area contributed by atoms with Crippen molar-refractivity contribution in [3.05, 3.63) is 34.4 Å². The highest BCUT2D eigenvalue weighted by atomic mass is 16.7. The maximum absolute atomic E-state index is 11.7. The van der Waals surface area contributed by atoms with Crippen LogP contribution in [0.1, 0.15) is 40.5 Å². The van der Waals surface area contributed by atoms with Gasteiger partial charge in [0.1, 0.15) is 5.75 Å². The van der Waals surface area contributed by atoms with Crippen LogP contribution >= 0.6 is 0 Å². The molecule has 0 aliphatic carbocycles. The van der Waals surface area contributed by atoms with E-state index in [0.717, 1.165) is 6.42 Å². The van der Waals surface area contributed by atoms with E-state index in [0.29, 0.717) is 13.0 Å². The molecule has 0 aromatic heterocycles. The second-order valence-electron chi connectivity index (χ2n) is 7.02. The van der Waals surface area contributed by atoms with Gasteiger partial charge in [-0.3, -0.25) is 10.1 Å². The number of non-ortho nitro benzene ring substituents is 1. The van der Waals surface area contributed by atoms with Crippen molar-refractivity contribution in [1.82, 2.24) is 0 Å². The molecular formula is C18H27NO7. The highest BCUT2D eigenvalue weighted by molar-refractivity contribution is 5.63. The molecule has 1 rings (SSSR count). The Hall–Kier alpha value is -2.19. The normalized spacial score (nSPS) is 11.9. The van der Waals surface area contributed by atoms with E-state index in [1.807, 2.05) is 27.7 Å². The van der Waals surface area contributed by atoms with E-state index in [9.17, 15) is 14.9 Å². The van der Waals surface area contributed by atoms with Gasteiger partial charge in [0.05, 0.1) is 29.3 Å². The molecular weight excluding hydrogens is 342 g/mol. The van der Waals surface area contributed by atoms with Gasteiger partial charge in [-0.05, 0) is 46.2 Å². The topological polar surface area (TPSA) is 97.1 Å². The maximum Gasteiger partial charge on any atom is 0.513 e. The summed E-state index contributed by atoms with van der Waals surface area (Å²) in [4.78, 5) is 21.7. The molecule has 0 spiro atoms. The summed E-state index contributed by atoms with van der Waals surface area (Å²) in [5.74, 6) is 0.179. The maximum atomic E-state index is 11.7. The molecule has 0 aliphatic heterocycles. The van der Waals surface area contributed by atoms with Gasteiger partial charge >= 0.3 is 6.16 Å². The predicted octanol–water partition coefficient (Wildman–Crippen LogP) is 4.11. The van der Waals surface area contributed by atoms with Crippen LogP contribution in [-0.2, 0) is 14.2 Å². The first-order chi connectivity index (χ1) is 12.0. The zero-order valence-electron chi connectivity index (χ0n) is 15.9. The lowest BCUT2D eigenvalue weighted by atomic mass is 10.0. The van der Waals surface area contributed by atoms with E-state index in [1.54, 1.807) is 7.11 Å². The van der Waals surface area contributed by atoms with Gasteiger partial charge in [0.25, 0.3) is 5.69 Å². The van der Waals surface area contributed by atoms with Crippen molar-refractivity contribution in [2.45, 2.75) is 51.7 Å². The number of carbonyl (C=O) groups is 1. The third kappa shape index (κ3) is 8.26. The zero-order valence-corrected chi connectivity index (χ0v) is 15.9. The molecule has 0 radical (unpaired) electrons. The van der Waals surface area contributed by atoms with E-state index >= 15 is 0 Å². The molecule has 0 amide bonds. The van der Waals surface area contributed by atoms with E-state index in [2.05, 4.69) is 0 Å². The van der Waals surface area contributed by atoms with Gasteiger partial charge in [-0.1, -0.05) is 0 Å². The Kier molecular flexibility index (Phi) is 7.98. The fourth-order valence-corrected chi connectivity index (χ4v) is 1.89. The molecule has 0 atom stereocenters. The Morgan fingerprint density at radius 3 is 2.15 bits per heavy atom. The van der Waals surface area contributed by atoms with Crippen LogP contribution in [0.5, 0.6) is 5.75 Å². The molecule has 0 heterocycles. The van der Waals surface area contributed by atoms with Gasteiger partial charge < -0.3 is 18.9 Å². The van der Waals surface area contributed by atoms with Crippen molar-refractivity contribution in [3.63, 3.8) is 0 Å². The Morgan fingerprint density at radius 2 is 1.62 bits per heavy atom. The van der Waals surface area contributed by atoms with Crippen molar-refractivity contribution in [2.24, 2.45) is 0 Å². The van der Waals surface area contributed by atoms with Gasteiger partial charge in [0.2, 0.25) is 0 Å². The summed E-state index contributed by atoms with van der Waals surface area (Å²) >= 11 is 0. The highest BCUT2D eigenvalue weighted by Gasteiger charge is 2.22. The van der Waals surface area contributed by atoms with Crippen LogP contribution in [0.25, 0.3) is 0 Å². The second-order valence-corrected chi connectivity index (χ2v) is 7.02. The van der Waals surface area contributed by atoms with Crippen molar-refractivity contribution < 1.29 is 28.7 Å². The molecule has 0 fully saturated rings. The highest BCUT2D eigenvalue weighted by Crippen LogP contribution is 2.20. The summed E-state index contributed by atoms with van der Waals surface area (Å²) in [5, 5.41) is 10.6. The van der Waals surface area contributed by atoms with Gasteiger partial charge in [-0.15, -0.1) is 0 Å². The van der Waals surface area contributed by atoms with Gasteiger partial charge in [0, 0.05) is 25.7 Å². The summed E-state index contributed by atoms with van der Waals surface area (Å²) in [6.07, 6.45) is 0.376. The largest absolute Gasteiger partial charge is 0.513 e. The molecule has 1 aromatic carbocycles. The molecule has 26 heavy (non-hydrogen) atoms. The third-order valence-corrected chi connectivity index (χ3v) is 3.92. The number of rotatable bonds is 10. The first kappa shape index (κ1) is 21.9. The van der Waals surface area contributed by atoms with Crippen LogP contribution in [0.2, 0.25) is 0 Å². The lowest BCUT2D eigenvalue weighted by Gasteiger charge is -2.28. The van der Waals surface area contributed by atoms with Crippen molar-refractivity contribution in [3.8, 4) is 5.75 Å². The van der Waals surface area contributed by atoms with Crippen LogP contribution in [0, 0.1) is 10.1 Å². The average Bonchev–Trinajstić information content (AvgIpc) is 2.54. The van der Waals surface area contributed by atoms with Crippen LogP contribution < -0.4 is 4.74 Å². The lowest BCUT2D eigenvalue weighted by molar-refractivity contribution is -0.384. The Bertz CT molecular complexity index is 596. The molecule has 0 saturated carbocycles. The molecule has 0 aliphatic rings. The average molecular weight is 369 g/mol. The van der Waals surface area contributed by atoms with Crippen molar-refractivity contribution in [2.75, 3.05) is 20.3 Å². The summed E-state index contributed by atoms with van der Waals surface area (Å²) in [6, 6.07) is 5.18. The summed E-state index contributed by atoms with van der Waals surface area (Å²) in [6.45, 7) is 8.46. The fourth-order valence-electron chi connectivity index (χ4n) is 1.89. The molecule has 0 N–H and O–H groups in total. The van der Waals surface area contributed by atoms with Crippen molar-refractivity contribution in [1.29, 1.82) is 0 Å². The monoisotopic (exact) mass is 369 g/mol. The van der Waals surface area contributed by atoms with Gasteiger partial charge in [0.15, 0.2) is 0 Å². The Morgan fingerprint density at radius 1 is 1.04 bits per heavy atom. The molecule has 0 bridgehead atoms.